The molecule has 0 unspecified atom stereocenters. The van der Waals surface area contributed by atoms with Crippen molar-refractivity contribution >= 4 is 17.6 Å². The first-order valence-electron chi connectivity index (χ1n) is 6.00. The summed E-state index contributed by atoms with van der Waals surface area (Å²) in [5.74, 6) is 0.930. The SMILES string of the molecule is COc1cc(CSc2ccccc2F)ccc1C(=N)N. The number of ether oxygens (including phenoxy) is 1. The molecule has 2 aromatic carbocycles. The standard InChI is InChI=1S/C15H15FN2OS/c1-19-13-8-10(6-7-11(13)15(17)18)9-20-14-5-3-2-4-12(14)16/h2-8H,9H2,1H3,(H3,17,18). The lowest BCUT2D eigenvalue weighted by Gasteiger charge is -2.09. The van der Waals surface area contributed by atoms with Gasteiger partial charge in [-0.1, -0.05) is 18.2 Å². The zero-order valence-corrected chi connectivity index (χ0v) is 11.8. The second-order valence-corrected chi connectivity index (χ2v) is 5.18. The molecule has 0 atom stereocenters. The Morgan fingerprint density at radius 1 is 1.30 bits per heavy atom. The second kappa shape index (κ2) is 6.43. The summed E-state index contributed by atoms with van der Waals surface area (Å²) >= 11 is 1.42. The van der Waals surface area contributed by atoms with Crippen LogP contribution in [0.25, 0.3) is 0 Å². The predicted octanol–water partition coefficient (Wildman–Crippen LogP) is 3.41. The average Bonchev–Trinajstić information content (AvgIpc) is 2.46. The molecule has 0 bridgehead atoms. The van der Waals surface area contributed by atoms with Gasteiger partial charge in [-0.15, -0.1) is 11.8 Å². The van der Waals surface area contributed by atoms with E-state index in [1.807, 2.05) is 18.2 Å². The maximum atomic E-state index is 13.5. The van der Waals surface area contributed by atoms with Gasteiger partial charge in [-0.3, -0.25) is 5.41 Å². The third kappa shape index (κ3) is 3.30. The minimum atomic E-state index is -0.218. The smallest absolute Gasteiger partial charge is 0.136 e. The monoisotopic (exact) mass is 290 g/mol. The molecule has 104 valence electrons. The van der Waals surface area contributed by atoms with Gasteiger partial charge >= 0.3 is 0 Å². The predicted molar refractivity (Wildman–Crippen MR) is 80.0 cm³/mol. The normalized spacial score (nSPS) is 10.3. The molecule has 0 fully saturated rings. The van der Waals surface area contributed by atoms with Gasteiger partial charge in [-0.05, 0) is 29.8 Å². The molecule has 0 radical (unpaired) electrons. The van der Waals surface area contributed by atoms with Crippen LogP contribution in [0.3, 0.4) is 0 Å². The van der Waals surface area contributed by atoms with Crippen LogP contribution in [-0.2, 0) is 5.75 Å². The summed E-state index contributed by atoms with van der Waals surface area (Å²) in [5.41, 5.74) is 7.02. The molecule has 0 aromatic heterocycles. The number of nitrogens with two attached hydrogens (primary N) is 1. The quantitative estimate of drug-likeness (QED) is 0.504. The van der Waals surface area contributed by atoms with Gasteiger partial charge < -0.3 is 10.5 Å². The second-order valence-electron chi connectivity index (χ2n) is 4.17. The Hall–Kier alpha value is -2.01. The Kier molecular flexibility index (Phi) is 4.63. The molecule has 3 nitrogen and oxygen atoms in total. The van der Waals surface area contributed by atoms with E-state index in [0.717, 1.165) is 5.56 Å². The Bertz CT molecular complexity index is 631. The number of hydrogen-bond donors (Lipinski definition) is 2. The fraction of sp³-hybridized carbons (Fsp3) is 0.133. The number of halogens is 1. The third-order valence-electron chi connectivity index (χ3n) is 2.79. The number of hydrogen-bond acceptors (Lipinski definition) is 3. The van der Waals surface area contributed by atoms with Gasteiger partial charge in [0.25, 0.3) is 0 Å². The summed E-state index contributed by atoms with van der Waals surface area (Å²) < 4.78 is 18.7. The first-order valence-corrected chi connectivity index (χ1v) is 6.99. The first kappa shape index (κ1) is 14.4. The number of nitrogen functional groups attached to an aromatic ring is 1. The highest BCUT2D eigenvalue weighted by Gasteiger charge is 2.08. The van der Waals surface area contributed by atoms with Crippen LogP contribution in [0.4, 0.5) is 4.39 Å². The zero-order valence-electron chi connectivity index (χ0n) is 11.0. The van der Waals surface area contributed by atoms with Crippen LogP contribution in [0.2, 0.25) is 0 Å². The van der Waals surface area contributed by atoms with Crippen LogP contribution in [-0.4, -0.2) is 12.9 Å². The maximum absolute atomic E-state index is 13.5. The van der Waals surface area contributed by atoms with Crippen molar-refractivity contribution < 1.29 is 9.13 Å². The minimum absolute atomic E-state index is 0.0323. The van der Waals surface area contributed by atoms with Gasteiger partial charge in [0.15, 0.2) is 0 Å². The third-order valence-corrected chi connectivity index (χ3v) is 3.91. The van der Waals surface area contributed by atoms with E-state index >= 15 is 0 Å². The van der Waals surface area contributed by atoms with Gasteiger partial charge in [0, 0.05) is 10.6 Å². The molecule has 2 rings (SSSR count). The summed E-state index contributed by atoms with van der Waals surface area (Å²) in [6, 6.07) is 12.1. The Morgan fingerprint density at radius 2 is 2.05 bits per heavy atom. The van der Waals surface area contributed by atoms with E-state index in [-0.39, 0.29) is 11.7 Å². The van der Waals surface area contributed by atoms with Crippen molar-refractivity contribution in [3.05, 3.63) is 59.4 Å². The van der Waals surface area contributed by atoms with Gasteiger partial charge in [-0.25, -0.2) is 4.39 Å². The lowest BCUT2D eigenvalue weighted by Crippen LogP contribution is -2.12. The maximum Gasteiger partial charge on any atom is 0.136 e. The molecule has 0 aliphatic heterocycles. The van der Waals surface area contributed by atoms with E-state index in [0.29, 0.717) is 22.0 Å². The van der Waals surface area contributed by atoms with Gasteiger partial charge in [-0.2, -0.15) is 0 Å². The molecule has 0 saturated carbocycles. The van der Waals surface area contributed by atoms with Crippen molar-refractivity contribution in [2.45, 2.75) is 10.6 Å². The van der Waals surface area contributed by atoms with Crippen LogP contribution in [0, 0.1) is 11.2 Å². The molecule has 0 aliphatic rings. The highest BCUT2D eigenvalue weighted by molar-refractivity contribution is 7.98. The van der Waals surface area contributed by atoms with Crippen LogP contribution in [0.1, 0.15) is 11.1 Å². The first-order chi connectivity index (χ1) is 9.61. The Morgan fingerprint density at radius 3 is 2.70 bits per heavy atom. The van der Waals surface area contributed by atoms with E-state index in [1.165, 1.54) is 24.9 Å². The van der Waals surface area contributed by atoms with Gasteiger partial charge in [0.2, 0.25) is 0 Å². The molecule has 0 spiro atoms. The summed E-state index contributed by atoms with van der Waals surface area (Å²) in [4.78, 5) is 0.613. The molecule has 5 heteroatoms. The fourth-order valence-corrected chi connectivity index (χ4v) is 2.65. The number of rotatable bonds is 5. The highest BCUT2D eigenvalue weighted by Crippen LogP contribution is 2.28. The molecule has 0 amide bonds. The zero-order chi connectivity index (χ0) is 14.5. The largest absolute Gasteiger partial charge is 0.496 e. The number of thioether (sulfide) groups is 1. The highest BCUT2D eigenvalue weighted by atomic mass is 32.2. The van der Waals surface area contributed by atoms with Crippen LogP contribution >= 0.6 is 11.8 Å². The summed E-state index contributed by atoms with van der Waals surface area (Å²) in [7, 11) is 1.54. The lowest BCUT2D eigenvalue weighted by atomic mass is 10.1. The lowest BCUT2D eigenvalue weighted by molar-refractivity contribution is 0.413. The number of methoxy groups -OCH3 is 1. The molecule has 0 saturated heterocycles. The summed E-state index contributed by atoms with van der Waals surface area (Å²) in [6.07, 6.45) is 0. The minimum Gasteiger partial charge on any atom is -0.496 e. The van der Waals surface area contributed by atoms with Crippen molar-refractivity contribution in [3.8, 4) is 5.75 Å². The Balaban J connectivity index is 2.15. The van der Waals surface area contributed by atoms with Crippen LogP contribution in [0.15, 0.2) is 47.4 Å². The number of amidine groups is 1. The van der Waals surface area contributed by atoms with Crippen molar-refractivity contribution in [1.82, 2.24) is 0 Å². The van der Waals surface area contributed by atoms with E-state index in [1.54, 1.807) is 18.2 Å². The summed E-state index contributed by atoms with van der Waals surface area (Å²) in [5, 5.41) is 7.46. The number of nitrogens with one attached hydrogen (secondary N) is 1. The van der Waals surface area contributed by atoms with E-state index in [9.17, 15) is 4.39 Å². The Labute approximate surface area is 121 Å². The van der Waals surface area contributed by atoms with E-state index in [4.69, 9.17) is 15.9 Å². The average molecular weight is 290 g/mol. The van der Waals surface area contributed by atoms with Gasteiger partial charge in [0.1, 0.15) is 17.4 Å². The van der Waals surface area contributed by atoms with Crippen molar-refractivity contribution in [1.29, 1.82) is 5.41 Å². The molecular weight excluding hydrogens is 275 g/mol. The van der Waals surface area contributed by atoms with Crippen LogP contribution < -0.4 is 10.5 Å². The van der Waals surface area contributed by atoms with E-state index in [2.05, 4.69) is 0 Å². The molecule has 3 N–H and O–H groups in total. The molecule has 20 heavy (non-hydrogen) atoms. The number of benzene rings is 2. The van der Waals surface area contributed by atoms with Gasteiger partial charge in [0.05, 0.1) is 12.7 Å². The van der Waals surface area contributed by atoms with Crippen molar-refractivity contribution in [2.24, 2.45) is 5.73 Å². The van der Waals surface area contributed by atoms with Crippen molar-refractivity contribution in [3.63, 3.8) is 0 Å². The van der Waals surface area contributed by atoms with Crippen LogP contribution in [0.5, 0.6) is 5.75 Å². The molecule has 2 aromatic rings. The van der Waals surface area contributed by atoms with E-state index < -0.39 is 0 Å². The molecular formula is C15H15FN2OS. The fourth-order valence-electron chi connectivity index (χ4n) is 1.77. The van der Waals surface area contributed by atoms with Crippen molar-refractivity contribution in [2.75, 3.05) is 7.11 Å². The summed E-state index contributed by atoms with van der Waals surface area (Å²) in [6.45, 7) is 0. The topological polar surface area (TPSA) is 59.1 Å². The molecule has 0 aliphatic carbocycles. The molecule has 0 heterocycles.